The Morgan fingerprint density at radius 2 is 1.91 bits per heavy atom. The maximum absolute atomic E-state index is 12.9. The van der Waals surface area contributed by atoms with Crippen LogP contribution >= 0.6 is 11.8 Å². The van der Waals surface area contributed by atoms with Gasteiger partial charge in [0, 0.05) is 23.8 Å². The fourth-order valence-electron chi connectivity index (χ4n) is 3.82. The van der Waals surface area contributed by atoms with Gasteiger partial charge in [0.1, 0.15) is 0 Å². The van der Waals surface area contributed by atoms with Crippen LogP contribution in [0.1, 0.15) is 42.5 Å². The Bertz CT molecular complexity index is 1030. The third-order valence-electron chi connectivity index (χ3n) is 5.55. The number of carbonyl (C=O) groups excluding carboxylic acids is 2. The van der Waals surface area contributed by atoms with E-state index in [1.165, 1.54) is 43.9 Å². The fourth-order valence-corrected chi connectivity index (χ4v) is 4.70. The molecule has 7 nitrogen and oxygen atoms in total. The highest BCUT2D eigenvalue weighted by Gasteiger charge is 2.16. The average Bonchev–Trinajstić information content (AvgIpc) is 3.38. The molecule has 3 aromatic rings. The van der Waals surface area contributed by atoms with E-state index in [0.717, 1.165) is 11.4 Å². The zero-order valence-electron chi connectivity index (χ0n) is 17.9. The van der Waals surface area contributed by atoms with Crippen molar-refractivity contribution in [3.63, 3.8) is 0 Å². The number of benzene rings is 1. The standard InChI is InChI=1S/C24H27N5O2S/c30-23(26-15-18-7-2-1-3-8-18)17-32-21-10-5-4-9-20(21)24(31)28-19-11-12-22(25-16-19)29-14-6-13-27-29/h4-6,9-14,16,18H,1-3,7-8,15,17H2,(H,26,30)(H,28,31). The highest BCUT2D eigenvalue weighted by atomic mass is 32.2. The minimum Gasteiger partial charge on any atom is -0.355 e. The van der Waals surface area contributed by atoms with Gasteiger partial charge in [0.2, 0.25) is 5.91 Å². The molecule has 8 heteroatoms. The van der Waals surface area contributed by atoms with Gasteiger partial charge in [0.25, 0.3) is 5.91 Å². The van der Waals surface area contributed by atoms with Crippen molar-refractivity contribution in [3.05, 3.63) is 66.6 Å². The maximum Gasteiger partial charge on any atom is 0.256 e. The van der Waals surface area contributed by atoms with Gasteiger partial charge in [-0.2, -0.15) is 5.10 Å². The Morgan fingerprint density at radius 3 is 2.66 bits per heavy atom. The molecule has 0 radical (unpaired) electrons. The van der Waals surface area contributed by atoms with Crippen LogP contribution in [0.4, 0.5) is 5.69 Å². The van der Waals surface area contributed by atoms with Crippen LogP contribution in [-0.2, 0) is 4.79 Å². The van der Waals surface area contributed by atoms with E-state index in [-0.39, 0.29) is 17.6 Å². The summed E-state index contributed by atoms with van der Waals surface area (Å²) in [7, 11) is 0. The van der Waals surface area contributed by atoms with E-state index in [1.54, 1.807) is 41.5 Å². The number of carbonyl (C=O) groups is 2. The van der Waals surface area contributed by atoms with Gasteiger partial charge in [0.15, 0.2) is 5.82 Å². The first-order valence-corrected chi connectivity index (χ1v) is 11.9. The number of amides is 2. The van der Waals surface area contributed by atoms with Gasteiger partial charge >= 0.3 is 0 Å². The predicted molar refractivity (Wildman–Crippen MR) is 126 cm³/mol. The van der Waals surface area contributed by atoms with Crippen molar-refractivity contribution in [2.24, 2.45) is 5.92 Å². The highest BCUT2D eigenvalue weighted by Crippen LogP contribution is 2.25. The predicted octanol–water partition coefficient (Wildman–Crippen LogP) is 4.31. The number of anilines is 1. The van der Waals surface area contributed by atoms with Gasteiger partial charge in [0.05, 0.1) is 23.2 Å². The molecule has 0 unspecified atom stereocenters. The molecule has 0 bridgehead atoms. The molecule has 2 heterocycles. The highest BCUT2D eigenvalue weighted by molar-refractivity contribution is 8.00. The number of nitrogens with one attached hydrogen (secondary N) is 2. The lowest BCUT2D eigenvalue weighted by atomic mass is 9.89. The molecule has 0 atom stereocenters. The second kappa shape index (κ2) is 10.9. The van der Waals surface area contributed by atoms with E-state index >= 15 is 0 Å². The minimum absolute atomic E-state index is 0.00851. The van der Waals surface area contributed by atoms with Crippen molar-refractivity contribution in [2.75, 3.05) is 17.6 Å². The molecule has 166 valence electrons. The summed E-state index contributed by atoms with van der Waals surface area (Å²) in [6, 6.07) is 12.7. The van der Waals surface area contributed by atoms with Crippen molar-refractivity contribution >= 4 is 29.3 Å². The topological polar surface area (TPSA) is 88.9 Å². The molecular weight excluding hydrogens is 422 g/mol. The molecule has 1 saturated carbocycles. The Balaban J connectivity index is 1.32. The fraction of sp³-hybridized carbons (Fsp3) is 0.333. The van der Waals surface area contributed by atoms with E-state index in [0.29, 0.717) is 23.0 Å². The average molecular weight is 450 g/mol. The zero-order chi connectivity index (χ0) is 22.2. The van der Waals surface area contributed by atoms with Crippen LogP contribution in [0.15, 0.2) is 66.0 Å². The van der Waals surface area contributed by atoms with Crippen LogP contribution in [0.5, 0.6) is 0 Å². The number of pyridine rings is 1. The van der Waals surface area contributed by atoms with Crippen LogP contribution in [0.2, 0.25) is 0 Å². The number of hydrogen-bond donors (Lipinski definition) is 2. The monoisotopic (exact) mass is 449 g/mol. The summed E-state index contributed by atoms with van der Waals surface area (Å²) in [4.78, 5) is 30.3. The molecule has 1 aromatic carbocycles. The number of thioether (sulfide) groups is 1. The van der Waals surface area contributed by atoms with Crippen LogP contribution in [0.3, 0.4) is 0 Å². The Labute approximate surface area is 192 Å². The molecular formula is C24H27N5O2S. The van der Waals surface area contributed by atoms with Crippen molar-refractivity contribution in [2.45, 2.75) is 37.0 Å². The maximum atomic E-state index is 12.9. The number of aromatic nitrogens is 3. The second-order valence-electron chi connectivity index (χ2n) is 7.90. The molecule has 1 aliphatic rings. The van der Waals surface area contributed by atoms with Gasteiger partial charge in [-0.25, -0.2) is 9.67 Å². The van der Waals surface area contributed by atoms with Gasteiger partial charge in [-0.05, 0) is 49.1 Å². The van der Waals surface area contributed by atoms with E-state index in [2.05, 4.69) is 20.7 Å². The summed E-state index contributed by atoms with van der Waals surface area (Å²) in [6.07, 6.45) is 11.3. The first-order valence-electron chi connectivity index (χ1n) is 10.9. The molecule has 0 aliphatic heterocycles. The molecule has 1 fully saturated rings. The van der Waals surface area contributed by atoms with Crippen molar-refractivity contribution in [3.8, 4) is 5.82 Å². The molecule has 2 aromatic heterocycles. The molecule has 32 heavy (non-hydrogen) atoms. The van der Waals surface area contributed by atoms with Crippen LogP contribution in [0.25, 0.3) is 5.82 Å². The summed E-state index contributed by atoms with van der Waals surface area (Å²) in [5.41, 5.74) is 1.13. The third-order valence-corrected chi connectivity index (χ3v) is 6.62. The first kappa shape index (κ1) is 22.1. The SMILES string of the molecule is O=C(CSc1ccccc1C(=O)Nc1ccc(-n2cccn2)nc1)NCC1CCCCC1. The van der Waals surface area contributed by atoms with E-state index in [4.69, 9.17) is 0 Å². The van der Waals surface area contributed by atoms with E-state index in [1.807, 2.05) is 24.3 Å². The smallest absolute Gasteiger partial charge is 0.256 e. The number of nitrogens with zero attached hydrogens (tertiary/aromatic N) is 3. The molecule has 4 rings (SSSR count). The van der Waals surface area contributed by atoms with Crippen molar-refractivity contribution in [1.82, 2.24) is 20.1 Å². The lowest BCUT2D eigenvalue weighted by Gasteiger charge is -2.21. The molecule has 1 aliphatic carbocycles. The summed E-state index contributed by atoms with van der Waals surface area (Å²) in [5.74, 6) is 1.34. The Hall–Kier alpha value is -3.13. The van der Waals surface area contributed by atoms with E-state index in [9.17, 15) is 9.59 Å². The number of rotatable bonds is 8. The molecule has 0 spiro atoms. The van der Waals surface area contributed by atoms with E-state index < -0.39 is 0 Å². The van der Waals surface area contributed by atoms with Gasteiger partial charge in [-0.1, -0.05) is 31.4 Å². The summed E-state index contributed by atoms with van der Waals surface area (Å²) in [5, 5.41) is 10.1. The quantitative estimate of drug-likeness (QED) is 0.500. The third kappa shape index (κ3) is 5.97. The second-order valence-corrected chi connectivity index (χ2v) is 8.92. The normalized spacial score (nSPS) is 14.1. The summed E-state index contributed by atoms with van der Waals surface area (Å²) >= 11 is 1.38. The Morgan fingerprint density at radius 1 is 1.06 bits per heavy atom. The van der Waals surface area contributed by atoms with Crippen molar-refractivity contribution in [1.29, 1.82) is 0 Å². The van der Waals surface area contributed by atoms with Gasteiger partial charge in [-0.15, -0.1) is 11.8 Å². The minimum atomic E-state index is -0.232. The van der Waals surface area contributed by atoms with Crippen LogP contribution in [0, 0.1) is 5.92 Å². The van der Waals surface area contributed by atoms with Gasteiger partial charge in [-0.3, -0.25) is 9.59 Å². The molecule has 2 N–H and O–H groups in total. The lowest BCUT2D eigenvalue weighted by molar-refractivity contribution is -0.118. The Kier molecular flexibility index (Phi) is 7.55. The summed E-state index contributed by atoms with van der Waals surface area (Å²) in [6.45, 7) is 0.753. The first-order chi connectivity index (χ1) is 15.7. The van der Waals surface area contributed by atoms with Crippen LogP contribution in [-0.4, -0.2) is 38.9 Å². The summed E-state index contributed by atoms with van der Waals surface area (Å²) < 4.78 is 1.65. The largest absolute Gasteiger partial charge is 0.355 e. The molecule has 0 saturated heterocycles. The molecule has 2 amide bonds. The lowest BCUT2D eigenvalue weighted by Crippen LogP contribution is -2.31. The number of hydrogen-bond acceptors (Lipinski definition) is 5. The van der Waals surface area contributed by atoms with Gasteiger partial charge < -0.3 is 10.6 Å². The zero-order valence-corrected chi connectivity index (χ0v) is 18.7. The van der Waals surface area contributed by atoms with Crippen LogP contribution < -0.4 is 10.6 Å². The van der Waals surface area contributed by atoms with Crippen molar-refractivity contribution < 1.29 is 9.59 Å².